The van der Waals surface area contributed by atoms with Gasteiger partial charge in [-0.25, -0.2) is 4.39 Å². The SMILES string of the molecule is O=C(NCC1CCOCC1)c1cc(F)cc(Cn2ccc3cc(-c4cn[nH]c4C(F)(F)F)ccc3c2=O)c1. The number of alkyl halides is 3. The largest absolute Gasteiger partial charge is 0.433 e. The van der Waals surface area contributed by atoms with E-state index in [1.165, 1.54) is 35.0 Å². The van der Waals surface area contributed by atoms with Crippen LogP contribution in [0.2, 0.25) is 0 Å². The topological polar surface area (TPSA) is 89.0 Å². The first-order chi connectivity index (χ1) is 18.2. The Morgan fingerprint density at radius 3 is 2.68 bits per heavy atom. The zero-order valence-electron chi connectivity index (χ0n) is 20.1. The van der Waals surface area contributed by atoms with Crippen LogP contribution in [0, 0.1) is 11.7 Å². The molecule has 3 heterocycles. The minimum atomic E-state index is -4.60. The summed E-state index contributed by atoms with van der Waals surface area (Å²) in [5.41, 5.74) is -0.641. The summed E-state index contributed by atoms with van der Waals surface area (Å²) in [6, 6.07) is 9.93. The lowest BCUT2D eigenvalue weighted by atomic mass is 10.0. The number of benzene rings is 2. The number of amides is 1. The minimum absolute atomic E-state index is 0.00841. The van der Waals surface area contributed by atoms with Gasteiger partial charge in [-0.3, -0.25) is 14.7 Å². The molecule has 0 saturated carbocycles. The minimum Gasteiger partial charge on any atom is -0.381 e. The van der Waals surface area contributed by atoms with E-state index in [0.717, 1.165) is 25.1 Å². The van der Waals surface area contributed by atoms with Crippen LogP contribution in [-0.2, 0) is 17.5 Å². The third kappa shape index (κ3) is 5.47. The molecule has 1 aliphatic heterocycles. The van der Waals surface area contributed by atoms with Gasteiger partial charge in [-0.1, -0.05) is 6.07 Å². The van der Waals surface area contributed by atoms with E-state index in [9.17, 15) is 27.2 Å². The molecule has 1 saturated heterocycles. The fourth-order valence-corrected chi connectivity index (χ4v) is 4.66. The molecule has 198 valence electrons. The number of nitrogens with one attached hydrogen (secondary N) is 2. The molecule has 38 heavy (non-hydrogen) atoms. The number of aromatic amines is 1. The van der Waals surface area contributed by atoms with Gasteiger partial charge in [-0.05, 0) is 71.7 Å². The van der Waals surface area contributed by atoms with Crippen molar-refractivity contribution < 1.29 is 27.1 Å². The molecule has 1 fully saturated rings. The summed E-state index contributed by atoms with van der Waals surface area (Å²) < 4.78 is 60.8. The second-order valence-electron chi connectivity index (χ2n) is 9.32. The highest BCUT2D eigenvalue weighted by Gasteiger charge is 2.36. The van der Waals surface area contributed by atoms with Crippen LogP contribution in [0.4, 0.5) is 17.6 Å². The van der Waals surface area contributed by atoms with Gasteiger partial charge < -0.3 is 14.6 Å². The lowest BCUT2D eigenvalue weighted by Gasteiger charge is -2.22. The third-order valence-corrected chi connectivity index (χ3v) is 6.68. The molecule has 2 aromatic heterocycles. The van der Waals surface area contributed by atoms with Crippen LogP contribution >= 0.6 is 0 Å². The number of aromatic nitrogens is 3. The number of nitrogens with zero attached hydrogens (tertiary/aromatic N) is 2. The fraction of sp³-hybridized carbons (Fsp3) is 0.296. The predicted molar refractivity (Wildman–Crippen MR) is 132 cm³/mol. The number of carbonyl (C=O) groups is 1. The van der Waals surface area contributed by atoms with Gasteiger partial charge in [0.05, 0.1) is 12.7 Å². The first kappa shape index (κ1) is 25.7. The van der Waals surface area contributed by atoms with Gasteiger partial charge in [0.2, 0.25) is 0 Å². The van der Waals surface area contributed by atoms with Crippen molar-refractivity contribution in [3.05, 3.63) is 87.9 Å². The maximum Gasteiger partial charge on any atom is 0.433 e. The standard InChI is InChI=1S/C27H24F4N4O3/c28-21-10-17(9-20(12-21)25(36)32-13-16-4-7-38-8-5-16)15-35-6-3-19-11-18(1-2-22(19)26(35)37)23-14-33-34-24(23)27(29,30)31/h1-3,6,9-12,14,16H,4-5,7-8,13,15H2,(H,32,36)(H,33,34). The molecular weight excluding hydrogens is 504 g/mol. The van der Waals surface area contributed by atoms with E-state index in [0.29, 0.717) is 42.0 Å². The number of ether oxygens (including phenoxy) is 1. The highest BCUT2D eigenvalue weighted by molar-refractivity contribution is 5.94. The van der Waals surface area contributed by atoms with Crippen LogP contribution in [-0.4, -0.2) is 40.4 Å². The Kier molecular flexibility index (Phi) is 7.02. The molecule has 4 aromatic rings. The van der Waals surface area contributed by atoms with Crippen molar-refractivity contribution >= 4 is 16.7 Å². The quantitative estimate of drug-likeness (QED) is 0.354. The average molecular weight is 529 g/mol. The van der Waals surface area contributed by atoms with Gasteiger partial charge in [-0.15, -0.1) is 0 Å². The molecular formula is C27H24F4N4O3. The summed E-state index contributed by atoms with van der Waals surface area (Å²) in [6.45, 7) is 1.80. The predicted octanol–water partition coefficient (Wildman–Crippen LogP) is 4.75. The van der Waals surface area contributed by atoms with Crippen molar-refractivity contribution in [2.24, 2.45) is 5.92 Å². The summed E-state index contributed by atoms with van der Waals surface area (Å²) >= 11 is 0. The molecule has 0 spiro atoms. The van der Waals surface area contributed by atoms with E-state index in [2.05, 4.69) is 10.4 Å². The number of hydrogen-bond acceptors (Lipinski definition) is 4. The Morgan fingerprint density at radius 2 is 1.92 bits per heavy atom. The maximum absolute atomic E-state index is 14.4. The van der Waals surface area contributed by atoms with Gasteiger partial charge >= 0.3 is 6.18 Å². The van der Waals surface area contributed by atoms with Crippen LogP contribution in [0.25, 0.3) is 21.9 Å². The molecule has 2 aromatic carbocycles. The van der Waals surface area contributed by atoms with Crippen LogP contribution in [0.3, 0.4) is 0 Å². The molecule has 1 aliphatic rings. The van der Waals surface area contributed by atoms with Gasteiger partial charge in [0.1, 0.15) is 11.5 Å². The molecule has 11 heteroatoms. The van der Waals surface area contributed by atoms with Gasteiger partial charge in [-0.2, -0.15) is 18.3 Å². The lowest BCUT2D eigenvalue weighted by Crippen LogP contribution is -2.32. The normalized spacial score (nSPS) is 14.6. The molecule has 0 bridgehead atoms. The summed E-state index contributed by atoms with van der Waals surface area (Å²) in [5.74, 6) is -0.683. The number of halogens is 4. The first-order valence-corrected chi connectivity index (χ1v) is 12.1. The number of H-pyrrole nitrogens is 1. The molecule has 7 nitrogen and oxygen atoms in total. The monoisotopic (exact) mass is 528 g/mol. The van der Waals surface area contributed by atoms with Gasteiger partial charge in [0.25, 0.3) is 11.5 Å². The number of fused-ring (bicyclic) bond motifs is 1. The summed E-state index contributed by atoms with van der Waals surface area (Å²) in [4.78, 5) is 25.8. The van der Waals surface area contributed by atoms with Crippen LogP contribution in [0.1, 0.15) is 34.5 Å². The van der Waals surface area contributed by atoms with Crippen molar-refractivity contribution in [1.82, 2.24) is 20.1 Å². The number of pyridine rings is 1. The van der Waals surface area contributed by atoms with E-state index < -0.39 is 29.2 Å². The molecule has 0 radical (unpaired) electrons. The van der Waals surface area contributed by atoms with Crippen molar-refractivity contribution in [2.45, 2.75) is 25.6 Å². The lowest BCUT2D eigenvalue weighted by molar-refractivity contribution is -0.140. The molecule has 1 amide bonds. The third-order valence-electron chi connectivity index (χ3n) is 6.68. The van der Waals surface area contributed by atoms with Crippen LogP contribution in [0.15, 0.2) is 59.7 Å². The Labute approximate surface area is 214 Å². The van der Waals surface area contributed by atoms with Crippen molar-refractivity contribution in [3.8, 4) is 11.1 Å². The van der Waals surface area contributed by atoms with Gasteiger partial charge in [0, 0.05) is 42.5 Å². The van der Waals surface area contributed by atoms with Crippen LogP contribution in [0.5, 0.6) is 0 Å². The van der Waals surface area contributed by atoms with E-state index in [4.69, 9.17) is 4.74 Å². The van der Waals surface area contributed by atoms with Crippen molar-refractivity contribution in [3.63, 3.8) is 0 Å². The summed E-state index contributed by atoms with van der Waals surface area (Å²) in [6.07, 6.45) is -0.314. The second-order valence-corrected chi connectivity index (χ2v) is 9.32. The number of carbonyl (C=O) groups excluding carboxylic acids is 1. The smallest absolute Gasteiger partial charge is 0.381 e. The zero-order chi connectivity index (χ0) is 26.9. The number of rotatable bonds is 6. The maximum atomic E-state index is 14.4. The fourth-order valence-electron chi connectivity index (χ4n) is 4.66. The number of hydrogen-bond donors (Lipinski definition) is 2. The summed E-state index contributed by atoms with van der Waals surface area (Å²) in [5, 5.41) is 9.07. The molecule has 0 aliphatic carbocycles. The highest BCUT2D eigenvalue weighted by Crippen LogP contribution is 2.36. The Balaban J connectivity index is 1.37. The van der Waals surface area contributed by atoms with Gasteiger partial charge in [0.15, 0.2) is 0 Å². The van der Waals surface area contributed by atoms with E-state index in [-0.39, 0.29) is 23.2 Å². The molecule has 5 rings (SSSR count). The van der Waals surface area contributed by atoms with E-state index in [1.807, 2.05) is 5.10 Å². The second kappa shape index (κ2) is 10.4. The van der Waals surface area contributed by atoms with Crippen molar-refractivity contribution in [2.75, 3.05) is 19.8 Å². The van der Waals surface area contributed by atoms with E-state index in [1.54, 1.807) is 12.1 Å². The highest BCUT2D eigenvalue weighted by atomic mass is 19.4. The van der Waals surface area contributed by atoms with Crippen LogP contribution < -0.4 is 10.9 Å². The first-order valence-electron chi connectivity index (χ1n) is 12.1. The summed E-state index contributed by atoms with van der Waals surface area (Å²) in [7, 11) is 0. The average Bonchev–Trinajstić information content (AvgIpc) is 3.40. The van der Waals surface area contributed by atoms with E-state index >= 15 is 0 Å². The Hall–Kier alpha value is -3.99. The zero-order valence-corrected chi connectivity index (χ0v) is 20.1. The molecule has 0 atom stereocenters. The Morgan fingerprint density at radius 1 is 1.13 bits per heavy atom. The molecule has 2 N–H and O–H groups in total. The Bertz CT molecular complexity index is 1540. The van der Waals surface area contributed by atoms with Crippen molar-refractivity contribution in [1.29, 1.82) is 0 Å². The molecule has 0 unspecified atom stereocenters.